The summed E-state index contributed by atoms with van der Waals surface area (Å²) in [6.07, 6.45) is -0.312. The molecule has 1 aliphatic heterocycles. The largest absolute Gasteiger partial charge is 0.456 e. The average molecular weight is 264 g/mol. The van der Waals surface area contributed by atoms with Crippen LogP contribution in [0.15, 0.2) is 24.3 Å². The molecule has 0 saturated carbocycles. The molecule has 1 aromatic rings. The van der Waals surface area contributed by atoms with Gasteiger partial charge in [0.2, 0.25) is 0 Å². The van der Waals surface area contributed by atoms with E-state index in [0.29, 0.717) is 6.42 Å². The average Bonchev–Trinajstić information content (AvgIpc) is 2.37. The minimum atomic E-state index is -1.15. The number of benzene rings is 1. The van der Waals surface area contributed by atoms with E-state index in [0.717, 1.165) is 0 Å². The van der Waals surface area contributed by atoms with Gasteiger partial charge in [-0.3, -0.25) is 9.59 Å². The standard InChI is InChI=1S/C15H17FO3/c1-4-9-12(10-7-5-6-8-11(10)16)19-14(18)15(2,3)13(9)17/h5-9,12H,4H2,1-3H3/t9-,12+/m1/s1. The summed E-state index contributed by atoms with van der Waals surface area (Å²) < 4.78 is 19.2. The maximum absolute atomic E-state index is 13.8. The highest BCUT2D eigenvalue weighted by Gasteiger charge is 2.50. The van der Waals surface area contributed by atoms with E-state index in [9.17, 15) is 14.0 Å². The van der Waals surface area contributed by atoms with Gasteiger partial charge in [-0.15, -0.1) is 0 Å². The van der Waals surface area contributed by atoms with Crippen molar-refractivity contribution >= 4 is 11.8 Å². The van der Waals surface area contributed by atoms with Gasteiger partial charge in [-0.05, 0) is 26.3 Å². The predicted molar refractivity (Wildman–Crippen MR) is 67.8 cm³/mol. The summed E-state index contributed by atoms with van der Waals surface area (Å²) in [5.74, 6) is -1.72. The molecule has 1 heterocycles. The summed E-state index contributed by atoms with van der Waals surface area (Å²) in [7, 11) is 0. The van der Waals surface area contributed by atoms with Gasteiger partial charge in [-0.1, -0.05) is 25.1 Å². The number of hydrogen-bond acceptors (Lipinski definition) is 3. The minimum absolute atomic E-state index is 0.181. The summed E-state index contributed by atoms with van der Waals surface area (Å²) in [5, 5.41) is 0. The van der Waals surface area contributed by atoms with Crippen LogP contribution in [0.25, 0.3) is 0 Å². The van der Waals surface area contributed by atoms with Crippen molar-refractivity contribution in [1.29, 1.82) is 0 Å². The Morgan fingerprint density at radius 1 is 1.26 bits per heavy atom. The van der Waals surface area contributed by atoms with Crippen LogP contribution in [0.2, 0.25) is 0 Å². The van der Waals surface area contributed by atoms with Crippen molar-refractivity contribution in [2.45, 2.75) is 33.3 Å². The van der Waals surface area contributed by atoms with E-state index in [1.807, 2.05) is 6.92 Å². The Labute approximate surface area is 111 Å². The van der Waals surface area contributed by atoms with E-state index in [2.05, 4.69) is 0 Å². The molecule has 2 rings (SSSR count). The molecular weight excluding hydrogens is 247 g/mol. The van der Waals surface area contributed by atoms with E-state index >= 15 is 0 Å². The van der Waals surface area contributed by atoms with Gasteiger partial charge in [-0.2, -0.15) is 0 Å². The van der Waals surface area contributed by atoms with Crippen molar-refractivity contribution in [3.05, 3.63) is 35.6 Å². The van der Waals surface area contributed by atoms with Gasteiger partial charge in [-0.25, -0.2) is 4.39 Å². The third-order valence-corrected chi connectivity index (χ3v) is 3.71. The van der Waals surface area contributed by atoms with Crippen LogP contribution in [0.4, 0.5) is 4.39 Å². The number of carbonyl (C=O) groups is 2. The molecule has 4 heteroatoms. The normalized spacial score (nSPS) is 26.1. The molecule has 0 radical (unpaired) electrons. The zero-order valence-electron chi connectivity index (χ0n) is 11.3. The number of ether oxygens (including phenoxy) is 1. The van der Waals surface area contributed by atoms with Crippen LogP contribution in [0.3, 0.4) is 0 Å². The topological polar surface area (TPSA) is 43.4 Å². The number of cyclic esters (lactones) is 1. The highest BCUT2D eigenvalue weighted by atomic mass is 19.1. The number of esters is 1. The molecule has 2 atom stereocenters. The Bertz CT molecular complexity index is 522. The molecule has 0 aromatic heterocycles. The van der Waals surface area contributed by atoms with Gasteiger partial charge >= 0.3 is 5.97 Å². The van der Waals surface area contributed by atoms with E-state index in [1.54, 1.807) is 32.0 Å². The second-order valence-corrected chi connectivity index (χ2v) is 5.35. The Balaban J connectivity index is 2.44. The summed E-state index contributed by atoms with van der Waals surface area (Å²) in [4.78, 5) is 24.3. The molecule has 1 fully saturated rings. The van der Waals surface area contributed by atoms with Crippen molar-refractivity contribution in [1.82, 2.24) is 0 Å². The maximum Gasteiger partial charge on any atom is 0.319 e. The fourth-order valence-corrected chi connectivity index (χ4v) is 2.43. The fourth-order valence-electron chi connectivity index (χ4n) is 2.43. The molecule has 102 valence electrons. The van der Waals surface area contributed by atoms with Crippen LogP contribution < -0.4 is 0 Å². The first-order valence-corrected chi connectivity index (χ1v) is 6.39. The lowest BCUT2D eigenvalue weighted by Crippen LogP contribution is -2.47. The fraction of sp³-hybridized carbons (Fsp3) is 0.467. The minimum Gasteiger partial charge on any atom is -0.456 e. The van der Waals surface area contributed by atoms with Gasteiger partial charge < -0.3 is 4.74 Å². The number of carbonyl (C=O) groups excluding carboxylic acids is 2. The monoisotopic (exact) mass is 264 g/mol. The lowest BCUT2D eigenvalue weighted by molar-refractivity contribution is -0.179. The molecule has 3 nitrogen and oxygen atoms in total. The third kappa shape index (κ3) is 2.15. The highest BCUT2D eigenvalue weighted by molar-refractivity contribution is 6.06. The van der Waals surface area contributed by atoms with Crippen molar-refractivity contribution in [3.63, 3.8) is 0 Å². The predicted octanol–water partition coefficient (Wildman–Crippen LogP) is 3.05. The maximum atomic E-state index is 13.8. The number of Topliss-reactive ketones (excluding diaryl/α,β-unsaturated/α-hetero) is 1. The van der Waals surface area contributed by atoms with Gasteiger partial charge in [0.1, 0.15) is 17.3 Å². The first-order chi connectivity index (χ1) is 8.89. The van der Waals surface area contributed by atoms with Gasteiger partial charge in [0.15, 0.2) is 5.78 Å². The van der Waals surface area contributed by atoms with Gasteiger partial charge in [0, 0.05) is 5.56 Å². The van der Waals surface area contributed by atoms with Crippen molar-refractivity contribution in [3.8, 4) is 0 Å². The number of hydrogen-bond donors (Lipinski definition) is 0. The van der Waals surface area contributed by atoms with Crippen LogP contribution in [0, 0.1) is 17.2 Å². The van der Waals surface area contributed by atoms with E-state index in [4.69, 9.17) is 4.74 Å². The zero-order chi connectivity index (χ0) is 14.2. The summed E-state index contributed by atoms with van der Waals surface area (Å²) >= 11 is 0. The van der Waals surface area contributed by atoms with Crippen LogP contribution in [-0.2, 0) is 14.3 Å². The molecule has 1 aromatic carbocycles. The summed E-state index contributed by atoms with van der Waals surface area (Å²) in [5.41, 5.74) is -0.880. The van der Waals surface area contributed by atoms with E-state index in [1.165, 1.54) is 6.07 Å². The van der Waals surface area contributed by atoms with Crippen LogP contribution in [-0.4, -0.2) is 11.8 Å². The van der Waals surface area contributed by atoms with E-state index in [-0.39, 0.29) is 11.3 Å². The van der Waals surface area contributed by atoms with Crippen LogP contribution in [0.1, 0.15) is 38.9 Å². The van der Waals surface area contributed by atoms with Crippen molar-refractivity contribution in [2.24, 2.45) is 11.3 Å². The van der Waals surface area contributed by atoms with Crippen LogP contribution >= 0.6 is 0 Å². The first-order valence-electron chi connectivity index (χ1n) is 6.39. The summed E-state index contributed by atoms with van der Waals surface area (Å²) in [6, 6.07) is 6.10. The quantitative estimate of drug-likeness (QED) is 0.609. The molecule has 0 aliphatic carbocycles. The highest BCUT2D eigenvalue weighted by Crippen LogP contribution is 2.41. The number of ketones is 1. The van der Waals surface area contributed by atoms with E-state index < -0.39 is 29.2 Å². The summed E-state index contributed by atoms with van der Waals surface area (Å²) in [6.45, 7) is 4.95. The molecule has 0 amide bonds. The molecule has 0 bridgehead atoms. The SMILES string of the molecule is CC[C@H]1C(=O)C(C)(C)C(=O)O[C@@H]1c1ccccc1F. The lowest BCUT2D eigenvalue weighted by Gasteiger charge is -2.37. The second-order valence-electron chi connectivity index (χ2n) is 5.35. The van der Waals surface area contributed by atoms with Gasteiger partial charge in [0.25, 0.3) is 0 Å². The molecule has 1 saturated heterocycles. The molecule has 0 N–H and O–H groups in total. The Hall–Kier alpha value is -1.71. The number of halogens is 1. The van der Waals surface area contributed by atoms with Crippen molar-refractivity contribution in [2.75, 3.05) is 0 Å². The molecule has 0 spiro atoms. The second kappa shape index (κ2) is 4.76. The van der Waals surface area contributed by atoms with Gasteiger partial charge in [0.05, 0.1) is 5.92 Å². The zero-order valence-corrected chi connectivity index (χ0v) is 11.3. The first kappa shape index (κ1) is 13.7. The molecule has 0 unspecified atom stereocenters. The molecule has 1 aliphatic rings. The molecule has 19 heavy (non-hydrogen) atoms. The van der Waals surface area contributed by atoms with Crippen molar-refractivity contribution < 1.29 is 18.7 Å². The number of rotatable bonds is 2. The smallest absolute Gasteiger partial charge is 0.319 e. The lowest BCUT2D eigenvalue weighted by atomic mass is 9.74. The molecular formula is C15H17FO3. The van der Waals surface area contributed by atoms with Crippen LogP contribution in [0.5, 0.6) is 0 Å². The Morgan fingerprint density at radius 2 is 1.89 bits per heavy atom. The third-order valence-electron chi connectivity index (χ3n) is 3.71. The Kier molecular flexibility index (Phi) is 3.43. The Morgan fingerprint density at radius 3 is 2.47 bits per heavy atom.